The number of rotatable bonds is 5. The second-order valence-electron chi connectivity index (χ2n) is 7.51. The third-order valence-corrected chi connectivity index (χ3v) is 5.78. The first-order valence-corrected chi connectivity index (χ1v) is 9.58. The summed E-state index contributed by atoms with van der Waals surface area (Å²) in [7, 11) is 1.61. The zero-order valence-electron chi connectivity index (χ0n) is 16.5. The molecule has 1 aromatic rings. The molecule has 27 heavy (non-hydrogen) atoms. The summed E-state index contributed by atoms with van der Waals surface area (Å²) < 4.78 is 5.37. The van der Waals surface area contributed by atoms with Crippen LogP contribution in [0.5, 0.6) is 5.75 Å². The maximum atomic E-state index is 12.6. The van der Waals surface area contributed by atoms with Gasteiger partial charge < -0.3 is 20.7 Å². The first-order chi connectivity index (χ1) is 12.9. The summed E-state index contributed by atoms with van der Waals surface area (Å²) >= 11 is 0. The molecule has 3 unspecified atom stereocenters. The van der Waals surface area contributed by atoms with Gasteiger partial charge in [-0.3, -0.25) is 9.59 Å². The van der Waals surface area contributed by atoms with Gasteiger partial charge in [-0.15, -0.1) is 0 Å². The molecule has 0 spiro atoms. The second kappa shape index (κ2) is 8.13. The average Bonchev–Trinajstić information content (AvgIpc) is 2.64. The number of benzene rings is 1. The number of carbonyl (C=O) groups excluding carboxylic acids is 2. The minimum absolute atomic E-state index is 0.0904. The lowest BCUT2D eigenvalue weighted by molar-refractivity contribution is -0.124. The van der Waals surface area contributed by atoms with Crippen LogP contribution in [0.15, 0.2) is 35.4 Å². The molecule has 0 aromatic heterocycles. The number of carbonyl (C=O) groups is 2. The molecule has 146 valence electrons. The van der Waals surface area contributed by atoms with Crippen LogP contribution in [0.3, 0.4) is 0 Å². The standard InChI is InChI=1S/C21H29N3O3/c1-12-16(21(26)24-17-9-10-22-14(3)20(12)17)11-19(25)23-13(2)15-7-5-6-8-18(15)27-4/h5-8,13-14,17,20,22H,9-11H2,1-4H3,(H,23,25)(H,24,26)/t13-,14?,17?,20?/m0/s1. The Labute approximate surface area is 160 Å². The van der Waals surface area contributed by atoms with Crippen molar-refractivity contribution < 1.29 is 14.3 Å². The molecule has 2 amide bonds. The Hall–Kier alpha value is -2.34. The number of para-hydroxylation sites is 1. The molecule has 0 radical (unpaired) electrons. The van der Waals surface area contributed by atoms with E-state index in [0.717, 1.165) is 29.9 Å². The largest absolute Gasteiger partial charge is 0.496 e. The van der Waals surface area contributed by atoms with Crippen molar-refractivity contribution in [3.63, 3.8) is 0 Å². The Morgan fingerprint density at radius 1 is 1.37 bits per heavy atom. The van der Waals surface area contributed by atoms with Crippen LogP contribution in [-0.2, 0) is 9.59 Å². The van der Waals surface area contributed by atoms with Gasteiger partial charge in [-0.25, -0.2) is 0 Å². The zero-order chi connectivity index (χ0) is 19.6. The Morgan fingerprint density at radius 2 is 2.11 bits per heavy atom. The normalized spacial score (nSPS) is 26.1. The summed E-state index contributed by atoms with van der Waals surface area (Å²) in [4.78, 5) is 25.2. The summed E-state index contributed by atoms with van der Waals surface area (Å²) in [5.41, 5.74) is 2.54. The lowest BCUT2D eigenvalue weighted by Gasteiger charge is -2.42. The summed E-state index contributed by atoms with van der Waals surface area (Å²) in [6.07, 6.45) is 1.01. The number of amides is 2. The van der Waals surface area contributed by atoms with Gasteiger partial charge in [0, 0.05) is 29.1 Å². The van der Waals surface area contributed by atoms with Crippen LogP contribution in [0.4, 0.5) is 0 Å². The lowest BCUT2D eigenvalue weighted by atomic mass is 9.76. The predicted octanol–water partition coefficient (Wildman–Crippen LogP) is 2.08. The molecule has 2 aliphatic rings. The van der Waals surface area contributed by atoms with E-state index in [9.17, 15) is 9.59 Å². The minimum atomic E-state index is -0.204. The molecule has 1 aromatic carbocycles. The van der Waals surface area contributed by atoms with Crippen molar-refractivity contribution >= 4 is 11.8 Å². The van der Waals surface area contributed by atoms with E-state index in [-0.39, 0.29) is 42.3 Å². The third kappa shape index (κ3) is 4.00. The molecule has 0 saturated carbocycles. The number of methoxy groups -OCH3 is 1. The van der Waals surface area contributed by atoms with Gasteiger partial charge in [0.1, 0.15) is 5.75 Å². The van der Waals surface area contributed by atoms with E-state index in [1.807, 2.05) is 38.1 Å². The second-order valence-corrected chi connectivity index (χ2v) is 7.51. The molecule has 0 bridgehead atoms. The highest BCUT2D eigenvalue weighted by Gasteiger charge is 2.39. The molecule has 6 nitrogen and oxygen atoms in total. The first kappa shape index (κ1) is 19.4. The quantitative estimate of drug-likeness (QED) is 0.740. The smallest absolute Gasteiger partial charge is 0.247 e. The highest BCUT2D eigenvalue weighted by Crippen LogP contribution is 2.32. The minimum Gasteiger partial charge on any atom is -0.496 e. The SMILES string of the molecule is COc1ccccc1[C@H](C)NC(=O)CC1=C(C)C2C(C)NCCC2NC1=O. The molecule has 0 aliphatic carbocycles. The van der Waals surface area contributed by atoms with Crippen LogP contribution in [0, 0.1) is 5.92 Å². The Bertz CT molecular complexity index is 759. The van der Waals surface area contributed by atoms with E-state index in [1.54, 1.807) is 7.11 Å². The summed E-state index contributed by atoms with van der Waals surface area (Å²) in [6.45, 7) is 6.95. The highest BCUT2D eigenvalue weighted by molar-refractivity contribution is 6.00. The van der Waals surface area contributed by atoms with E-state index in [4.69, 9.17) is 4.74 Å². The van der Waals surface area contributed by atoms with Crippen molar-refractivity contribution in [3.8, 4) is 5.75 Å². The van der Waals surface area contributed by atoms with Gasteiger partial charge in [0.2, 0.25) is 11.8 Å². The molecule has 6 heteroatoms. The van der Waals surface area contributed by atoms with Crippen LogP contribution in [-0.4, -0.2) is 37.6 Å². The summed E-state index contributed by atoms with van der Waals surface area (Å²) in [6, 6.07) is 7.86. The van der Waals surface area contributed by atoms with Gasteiger partial charge in [0.25, 0.3) is 0 Å². The monoisotopic (exact) mass is 371 g/mol. The Balaban J connectivity index is 1.73. The molecule has 2 heterocycles. The zero-order valence-corrected chi connectivity index (χ0v) is 16.5. The number of ether oxygens (including phenoxy) is 1. The van der Waals surface area contributed by atoms with Crippen molar-refractivity contribution in [2.75, 3.05) is 13.7 Å². The molecular weight excluding hydrogens is 342 g/mol. The van der Waals surface area contributed by atoms with E-state index in [0.29, 0.717) is 5.57 Å². The van der Waals surface area contributed by atoms with Crippen LogP contribution in [0.2, 0.25) is 0 Å². The number of fused-ring (bicyclic) bond motifs is 1. The highest BCUT2D eigenvalue weighted by atomic mass is 16.5. The summed E-state index contributed by atoms with van der Waals surface area (Å²) in [5.74, 6) is 0.711. The Morgan fingerprint density at radius 3 is 2.85 bits per heavy atom. The van der Waals surface area contributed by atoms with Crippen LogP contribution in [0.25, 0.3) is 0 Å². The number of hydrogen-bond donors (Lipinski definition) is 3. The van der Waals surface area contributed by atoms with Crippen molar-refractivity contribution in [1.29, 1.82) is 0 Å². The van der Waals surface area contributed by atoms with Gasteiger partial charge in [0.05, 0.1) is 19.6 Å². The molecular formula is C21H29N3O3. The number of nitrogens with one attached hydrogen (secondary N) is 3. The molecule has 1 saturated heterocycles. The molecule has 3 rings (SSSR count). The average molecular weight is 371 g/mol. The maximum Gasteiger partial charge on any atom is 0.247 e. The van der Waals surface area contributed by atoms with Gasteiger partial charge in [-0.1, -0.05) is 23.8 Å². The van der Waals surface area contributed by atoms with E-state index in [2.05, 4.69) is 22.9 Å². The third-order valence-electron chi connectivity index (χ3n) is 5.78. The van der Waals surface area contributed by atoms with Gasteiger partial charge in [-0.05, 0) is 39.8 Å². The van der Waals surface area contributed by atoms with E-state index < -0.39 is 0 Å². The van der Waals surface area contributed by atoms with E-state index >= 15 is 0 Å². The summed E-state index contributed by atoms with van der Waals surface area (Å²) in [5, 5.41) is 9.56. The molecule has 2 aliphatic heterocycles. The lowest BCUT2D eigenvalue weighted by Crippen LogP contribution is -2.57. The van der Waals surface area contributed by atoms with Crippen LogP contribution >= 0.6 is 0 Å². The number of piperidine rings is 1. The van der Waals surface area contributed by atoms with Crippen LogP contribution in [0.1, 0.15) is 45.2 Å². The van der Waals surface area contributed by atoms with Crippen molar-refractivity contribution in [2.45, 2.75) is 51.7 Å². The van der Waals surface area contributed by atoms with Crippen molar-refractivity contribution in [1.82, 2.24) is 16.0 Å². The number of hydrogen-bond acceptors (Lipinski definition) is 4. The molecule has 3 N–H and O–H groups in total. The fourth-order valence-corrected chi connectivity index (χ4v) is 4.37. The fraction of sp³-hybridized carbons (Fsp3) is 0.524. The van der Waals surface area contributed by atoms with E-state index in [1.165, 1.54) is 0 Å². The van der Waals surface area contributed by atoms with Crippen LogP contribution < -0.4 is 20.7 Å². The predicted molar refractivity (Wildman–Crippen MR) is 104 cm³/mol. The fourth-order valence-electron chi connectivity index (χ4n) is 4.37. The maximum absolute atomic E-state index is 12.6. The molecule has 1 fully saturated rings. The van der Waals surface area contributed by atoms with Gasteiger partial charge >= 0.3 is 0 Å². The van der Waals surface area contributed by atoms with Crippen molar-refractivity contribution in [2.24, 2.45) is 5.92 Å². The topological polar surface area (TPSA) is 79.5 Å². The first-order valence-electron chi connectivity index (χ1n) is 9.58. The Kier molecular flexibility index (Phi) is 5.85. The van der Waals surface area contributed by atoms with Crippen molar-refractivity contribution in [3.05, 3.63) is 41.0 Å². The van der Waals surface area contributed by atoms with Gasteiger partial charge in [0.15, 0.2) is 0 Å². The van der Waals surface area contributed by atoms with Gasteiger partial charge in [-0.2, -0.15) is 0 Å². The molecule has 4 atom stereocenters.